The normalized spacial score (nSPS) is 24.8. The van der Waals surface area contributed by atoms with Gasteiger partial charge in [-0.15, -0.1) is 0 Å². The summed E-state index contributed by atoms with van der Waals surface area (Å²) in [7, 11) is 2.31. The standard InChI is InChI=1S/C15H33NO6Si/c1-13-9-16(10-14(2)22-13)11-15(17)12-21-7-6-8-23(18-3,19-4)20-5/h13-15,17H,6-12H2,1-5H3. The van der Waals surface area contributed by atoms with Gasteiger partial charge in [0.25, 0.3) is 0 Å². The van der Waals surface area contributed by atoms with Gasteiger partial charge in [-0.1, -0.05) is 0 Å². The van der Waals surface area contributed by atoms with E-state index in [0.29, 0.717) is 25.8 Å². The van der Waals surface area contributed by atoms with E-state index in [1.165, 1.54) is 0 Å². The summed E-state index contributed by atoms with van der Waals surface area (Å²) in [5.41, 5.74) is 0. The van der Waals surface area contributed by atoms with Gasteiger partial charge in [0.15, 0.2) is 0 Å². The van der Waals surface area contributed by atoms with Gasteiger partial charge in [0.05, 0.1) is 24.9 Å². The molecule has 0 radical (unpaired) electrons. The molecule has 3 unspecified atom stereocenters. The average molecular weight is 352 g/mol. The Kier molecular flexibility index (Phi) is 9.79. The van der Waals surface area contributed by atoms with Crippen molar-refractivity contribution in [3.63, 3.8) is 0 Å². The maximum absolute atomic E-state index is 10.1. The van der Waals surface area contributed by atoms with Crippen LogP contribution in [0.1, 0.15) is 20.3 Å². The number of morpholine rings is 1. The third-order valence-corrected chi connectivity index (χ3v) is 6.81. The van der Waals surface area contributed by atoms with Gasteiger partial charge in [-0.2, -0.15) is 0 Å². The lowest BCUT2D eigenvalue weighted by Gasteiger charge is -2.36. The summed E-state index contributed by atoms with van der Waals surface area (Å²) in [5, 5.41) is 10.1. The van der Waals surface area contributed by atoms with E-state index in [-0.39, 0.29) is 12.2 Å². The fourth-order valence-corrected chi connectivity index (χ4v) is 4.64. The fourth-order valence-electron chi connectivity index (χ4n) is 2.95. The quantitative estimate of drug-likeness (QED) is 0.435. The van der Waals surface area contributed by atoms with Crippen LogP contribution in [0.2, 0.25) is 6.04 Å². The van der Waals surface area contributed by atoms with Crippen LogP contribution in [0, 0.1) is 0 Å². The van der Waals surface area contributed by atoms with Crippen LogP contribution in [0.25, 0.3) is 0 Å². The molecule has 0 aromatic rings. The minimum absolute atomic E-state index is 0.210. The Labute approximate surface area is 141 Å². The highest BCUT2D eigenvalue weighted by Gasteiger charge is 2.36. The van der Waals surface area contributed by atoms with Crippen LogP contribution in [-0.2, 0) is 22.8 Å². The third-order valence-electron chi connectivity index (χ3n) is 3.98. The van der Waals surface area contributed by atoms with Crippen LogP contribution in [0.5, 0.6) is 0 Å². The van der Waals surface area contributed by atoms with Gasteiger partial charge >= 0.3 is 8.80 Å². The average Bonchev–Trinajstić information content (AvgIpc) is 2.50. The first-order valence-electron chi connectivity index (χ1n) is 8.23. The van der Waals surface area contributed by atoms with E-state index in [1.54, 1.807) is 21.3 Å². The Morgan fingerprint density at radius 2 is 1.70 bits per heavy atom. The summed E-state index contributed by atoms with van der Waals surface area (Å²) >= 11 is 0. The second-order valence-electron chi connectivity index (χ2n) is 6.10. The monoisotopic (exact) mass is 351 g/mol. The molecule has 1 heterocycles. The van der Waals surface area contributed by atoms with Crippen LogP contribution in [0.4, 0.5) is 0 Å². The molecule has 1 fully saturated rings. The van der Waals surface area contributed by atoms with Gasteiger partial charge < -0.3 is 27.9 Å². The van der Waals surface area contributed by atoms with E-state index < -0.39 is 14.9 Å². The molecule has 1 aliphatic heterocycles. The molecule has 1 aliphatic rings. The molecule has 1 saturated heterocycles. The molecule has 7 nitrogen and oxygen atoms in total. The molecule has 1 rings (SSSR count). The number of hydrogen-bond acceptors (Lipinski definition) is 7. The van der Waals surface area contributed by atoms with Crippen molar-refractivity contribution in [3.8, 4) is 0 Å². The highest BCUT2D eigenvalue weighted by Crippen LogP contribution is 2.15. The Bertz CT molecular complexity index is 300. The van der Waals surface area contributed by atoms with E-state index in [4.69, 9.17) is 22.8 Å². The summed E-state index contributed by atoms with van der Waals surface area (Å²) in [4.78, 5) is 2.23. The van der Waals surface area contributed by atoms with Crippen molar-refractivity contribution >= 4 is 8.80 Å². The van der Waals surface area contributed by atoms with Crippen LogP contribution in [-0.4, -0.2) is 91.3 Å². The molecule has 0 amide bonds. The van der Waals surface area contributed by atoms with Crippen molar-refractivity contribution < 1.29 is 27.9 Å². The molecule has 8 heteroatoms. The summed E-state index contributed by atoms with van der Waals surface area (Å²) < 4.78 is 27.3. The Hall–Kier alpha value is -0.0631. The van der Waals surface area contributed by atoms with Gasteiger partial charge in [-0.05, 0) is 20.3 Å². The van der Waals surface area contributed by atoms with Crippen LogP contribution >= 0.6 is 0 Å². The minimum atomic E-state index is -2.51. The van der Waals surface area contributed by atoms with Crippen molar-refractivity contribution in [2.75, 3.05) is 54.2 Å². The Balaban J connectivity index is 2.15. The summed E-state index contributed by atoms with van der Waals surface area (Å²) in [6, 6.07) is 0.699. The predicted molar refractivity (Wildman–Crippen MR) is 89.5 cm³/mol. The van der Waals surface area contributed by atoms with Gasteiger partial charge in [-0.25, -0.2) is 0 Å². The zero-order valence-electron chi connectivity index (χ0n) is 15.1. The maximum Gasteiger partial charge on any atom is 0.500 e. The zero-order valence-corrected chi connectivity index (χ0v) is 16.1. The first-order valence-corrected chi connectivity index (χ1v) is 10.2. The van der Waals surface area contributed by atoms with Gasteiger partial charge in [-0.3, -0.25) is 4.90 Å². The third kappa shape index (κ3) is 7.57. The van der Waals surface area contributed by atoms with E-state index in [1.807, 2.05) is 0 Å². The fraction of sp³-hybridized carbons (Fsp3) is 1.00. The lowest BCUT2D eigenvalue weighted by Crippen LogP contribution is -2.48. The molecule has 0 saturated carbocycles. The smallest absolute Gasteiger partial charge is 0.389 e. The van der Waals surface area contributed by atoms with Crippen LogP contribution in [0.3, 0.4) is 0 Å². The summed E-state index contributed by atoms with van der Waals surface area (Å²) in [6.07, 6.45) is 0.714. The van der Waals surface area contributed by atoms with Crippen molar-refractivity contribution in [2.45, 2.75) is 44.6 Å². The van der Waals surface area contributed by atoms with Gasteiger partial charge in [0, 0.05) is 53.6 Å². The van der Waals surface area contributed by atoms with Crippen molar-refractivity contribution in [2.24, 2.45) is 0 Å². The predicted octanol–water partition coefficient (Wildman–Crippen LogP) is 0.741. The maximum atomic E-state index is 10.1. The second-order valence-corrected chi connectivity index (χ2v) is 9.19. The molecular formula is C15H33NO6Si. The molecule has 0 spiro atoms. The first kappa shape index (κ1) is 21.0. The number of β-amino-alcohol motifs (C(OH)–C–C–N with tert-alkyl or cyclic N) is 1. The molecule has 0 aromatic heterocycles. The second kappa shape index (κ2) is 10.7. The zero-order chi connectivity index (χ0) is 17.3. The molecule has 3 atom stereocenters. The van der Waals surface area contributed by atoms with Crippen LogP contribution < -0.4 is 0 Å². The van der Waals surface area contributed by atoms with Gasteiger partial charge in [0.2, 0.25) is 0 Å². The summed E-state index contributed by atoms with van der Waals surface area (Å²) in [5.74, 6) is 0. The van der Waals surface area contributed by atoms with E-state index >= 15 is 0 Å². The number of ether oxygens (including phenoxy) is 2. The molecule has 0 aliphatic carbocycles. The Morgan fingerprint density at radius 1 is 1.13 bits per heavy atom. The molecule has 138 valence electrons. The molecule has 0 bridgehead atoms. The number of nitrogens with zero attached hydrogens (tertiary/aromatic N) is 1. The Morgan fingerprint density at radius 3 is 2.22 bits per heavy atom. The largest absolute Gasteiger partial charge is 0.500 e. The molecule has 23 heavy (non-hydrogen) atoms. The lowest BCUT2D eigenvalue weighted by molar-refractivity contribution is -0.0820. The van der Waals surface area contributed by atoms with Crippen LogP contribution in [0.15, 0.2) is 0 Å². The minimum Gasteiger partial charge on any atom is -0.389 e. The van der Waals surface area contributed by atoms with Gasteiger partial charge in [0.1, 0.15) is 0 Å². The topological polar surface area (TPSA) is 69.6 Å². The van der Waals surface area contributed by atoms with Crippen molar-refractivity contribution in [1.29, 1.82) is 0 Å². The number of aliphatic hydroxyl groups excluding tert-OH is 1. The molecule has 0 aromatic carbocycles. The SMILES string of the molecule is CO[Si](CCCOCC(O)CN1CC(C)OC(C)C1)(OC)OC. The van der Waals surface area contributed by atoms with E-state index in [9.17, 15) is 5.11 Å². The highest BCUT2D eigenvalue weighted by atomic mass is 28.4. The number of rotatable bonds is 11. The van der Waals surface area contributed by atoms with E-state index in [0.717, 1.165) is 19.5 Å². The number of aliphatic hydroxyl groups is 1. The van der Waals surface area contributed by atoms with Crippen molar-refractivity contribution in [1.82, 2.24) is 4.90 Å². The van der Waals surface area contributed by atoms with E-state index in [2.05, 4.69) is 18.7 Å². The molecule has 1 N–H and O–H groups in total. The van der Waals surface area contributed by atoms with Crippen molar-refractivity contribution in [3.05, 3.63) is 0 Å². The highest BCUT2D eigenvalue weighted by molar-refractivity contribution is 6.60. The molecular weight excluding hydrogens is 318 g/mol. The first-order chi connectivity index (χ1) is 10.9. The summed E-state index contributed by atoms with van der Waals surface area (Å²) in [6.45, 7) is 7.33. The number of hydrogen-bond donors (Lipinski definition) is 1. The lowest BCUT2D eigenvalue weighted by atomic mass is 10.2.